The van der Waals surface area contributed by atoms with E-state index in [0.717, 1.165) is 27.8 Å². The fourth-order valence-corrected chi connectivity index (χ4v) is 3.03. The normalized spacial score (nSPS) is 11.0. The van der Waals surface area contributed by atoms with E-state index in [1.165, 1.54) is 0 Å². The summed E-state index contributed by atoms with van der Waals surface area (Å²) in [5, 5.41) is 1.91. The lowest BCUT2D eigenvalue weighted by atomic mass is 10.0. The lowest BCUT2D eigenvalue weighted by Crippen LogP contribution is -2.00. The molecule has 0 atom stereocenters. The second-order valence-electron chi connectivity index (χ2n) is 5.08. The Morgan fingerprint density at radius 1 is 1.05 bits per heavy atom. The third-order valence-electron chi connectivity index (χ3n) is 3.67. The van der Waals surface area contributed by atoms with Gasteiger partial charge in [0.2, 0.25) is 0 Å². The number of benzene rings is 2. The summed E-state index contributed by atoms with van der Waals surface area (Å²) >= 11 is 12.7. The van der Waals surface area contributed by atoms with E-state index in [0.29, 0.717) is 21.2 Å². The van der Waals surface area contributed by atoms with Gasteiger partial charge in [0.05, 0.1) is 21.3 Å². The van der Waals surface area contributed by atoms with Gasteiger partial charge in [0.1, 0.15) is 0 Å². The molecule has 0 aliphatic rings. The molecule has 0 bridgehead atoms. The van der Waals surface area contributed by atoms with E-state index in [1.54, 1.807) is 0 Å². The molecule has 3 aromatic rings. The van der Waals surface area contributed by atoms with Crippen molar-refractivity contribution in [2.24, 2.45) is 0 Å². The molecule has 0 saturated heterocycles. The maximum Gasteiger partial charge on any atom is 0.0931 e. The Morgan fingerprint density at radius 2 is 1.71 bits per heavy atom. The van der Waals surface area contributed by atoms with Crippen LogP contribution in [0.25, 0.3) is 22.2 Å². The highest BCUT2D eigenvalue weighted by atomic mass is 35.5. The standard InChI is InChI=1S/C17H14Cl2N2/c1-9-8-12(18)17-13(14(9)19)15(20)10(2)16(21-17)11-6-4-3-5-7-11/h3-8H,1-2H3,(H2,20,21). The van der Waals surface area contributed by atoms with Gasteiger partial charge in [-0.15, -0.1) is 0 Å². The van der Waals surface area contributed by atoms with Crippen LogP contribution in [0.1, 0.15) is 11.1 Å². The Labute approximate surface area is 133 Å². The van der Waals surface area contributed by atoms with Crippen molar-refractivity contribution in [3.63, 3.8) is 0 Å². The fraction of sp³-hybridized carbons (Fsp3) is 0.118. The van der Waals surface area contributed by atoms with E-state index in [2.05, 4.69) is 0 Å². The summed E-state index contributed by atoms with van der Waals surface area (Å²) in [5.41, 5.74) is 11.3. The molecule has 2 aromatic carbocycles. The highest BCUT2D eigenvalue weighted by Gasteiger charge is 2.17. The minimum absolute atomic E-state index is 0.566. The molecule has 0 unspecified atom stereocenters. The molecule has 0 aliphatic heterocycles. The third kappa shape index (κ3) is 2.25. The lowest BCUT2D eigenvalue weighted by Gasteiger charge is -2.14. The number of aromatic nitrogens is 1. The molecular formula is C17H14Cl2N2. The molecule has 3 rings (SSSR count). The van der Waals surface area contributed by atoms with Gasteiger partial charge in [0.25, 0.3) is 0 Å². The average Bonchev–Trinajstić information content (AvgIpc) is 2.48. The smallest absolute Gasteiger partial charge is 0.0931 e. The predicted molar refractivity (Wildman–Crippen MR) is 91.1 cm³/mol. The fourth-order valence-electron chi connectivity index (χ4n) is 2.49. The van der Waals surface area contributed by atoms with Gasteiger partial charge in [-0.25, -0.2) is 4.98 Å². The zero-order chi connectivity index (χ0) is 15.1. The second kappa shape index (κ2) is 5.21. The van der Waals surface area contributed by atoms with Crippen LogP contribution in [0.5, 0.6) is 0 Å². The molecule has 4 heteroatoms. The molecule has 2 nitrogen and oxygen atoms in total. The average molecular weight is 317 g/mol. The number of hydrogen-bond acceptors (Lipinski definition) is 2. The van der Waals surface area contributed by atoms with Crippen molar-refractivity contribution in [2.75, 3.05) is 5.73 Å². The van der Waals surface area contributed by atoms with Crippen molar-refractivity contribution < 1.29 is 0 Å². The minimum Gasteiger partial charge on any atom is -0.398 e. The van der Waals surface area contributed by atoms with Gasteiger partial charge >= 0.3 is 0 Å². The van der Waals surface area contributed by atoms with Crippen LogP contribution in [0.15, 0.2) is 36.4 Å². The summed E-state index contributed by atoms with van der Waals surface area (Å²) < 4.78 is 0. The first-order valence-electron chi connectivity index (χ1n) is 6.60. The Balaban J connectivity index is 2.44. The summed E-state index contributed by atoms with van der Waals surface area (Å²) in [6.07, 6.45) is 0. The first-order chi connectivity index (χ1) is 10.0. The van der Waals surface area contributed by atoms with E-state index < -0.39 is 0 Å². The van der Waals surface area contributed by atoms with Crippen LogP contribution >= 0.6 is 23.2 Å². The molecule has 0 saturated carbocycles. The van der Waals surface area contributed by atoms with Gasteiger partial charge in [-0.2, -0.15) is 0 Å². The van der Waals surface area contributed by atoms with Gasteiger partial charge in [0, 0.05) is 16.6 Å². The van der Waals surface area contributed by atoms with Gasteiger partial charge in [-0.05, 0) is 31.0 Å². The number of nitrogens with zero attached hydrogens (tertiary/aromatic N) is 1. The Bertz CT molecular complexity index is 843. The molecule has 0 radical (unpaired) electrons. The van der Waals surface area contributed by atoms with Gasteiger partial charge in [-0.1, -0.05) is 53.5 Å². The topological polar surface area (TPSA) is 38.9 Å². The van der Waals surface area contributed by atoms with Gasteiger partial charge in [-0.3, -0.25) is 0 Å². The molecule has 1 aromatic heterocycles. The van der Waals surface area contributed by atoms with Crippen LogP contribution in [0.2, 0.25) is 10.0 Å². The highest BCUT2D eigenvalue weighted by Crippen LogP contribution is 2.39. The molecule has 0 aliphatic carbocycles. The van der Waals surface area contributed by atoms with Gasteiger partial charge in [0.15, 0.2) is 0 Å². The summed E-state index contributed by atoms with van der Waals surface area (Å²) in [6.45, 7) is 3.87. The Morgan fingerprint density at radius 3 is 2.38 bits per heavy atom. The summed E-state index contributed by atoms with van der Waals surface area (Å²) in [6, 6.07) is 11.7. The van der Waals surface area contributed by atoms with Crippen molar-refractivity contribution in [2.45, 2.75) is 13.8 Å². The molecule has 0 amide bonds. The van der Waals surface area contributed by atoms with Crippen LogP contribution in [0.4, 0.5) is 5.69 Å². The maximum atomic E-state index is 6.39. The quantitative estimate of drug-likeness (QED) is 0.652. The number of anilines is 1. The maximum absolute atomic E-state index is 6.39. The molecule has 21 heavy (non-hydrogen) atoms. The number of nitrogens with two attached hydrogens (primary N) is 1. The lowest BCUT2D eigenvalue weighted by molar-refractivity contribution is 1.32. The van der Waals surface area contributed by atoms with Crippen molar-refractivity contribution in [3.8, 4) is 11.3 Å². The van der Waals surface area contributed by atoms with E-state index >= 15 is 0 Å². The Kier molecular flexibility index (Phi) is 3.52. The molecule has 0 spiro atoms. The van der Waals surface area contributed by atoms with E-state index in [9.17, 15) is 0 Å². The molecule has 1 heterocycles. The van der Waals surface area contributed by atoms with Crippen molar-refractivity contribution in [1.82, 2.24) is 4.98 Å². The minimum atomic E-state index is 0.566. The number of fused-ring (bicyclic) bond motifs is 1. The monoisotopic (exact) mass is 316 g/mol. The first-order valence-corrected chi connectivity index (χ1v) is 7.36. The van der Waals surface area contributed by atoms with Crippen molar-refractivity contribution in [1.29, 1.82) is 0 Å². The number of pyridine rings is 1. The van der Waals surface area contributed by atoms with Gasteiger partial charge < -0.3 is 5.73 Å². The van der Waals surface area contributed by atoms with Crippen molar-refractivity contribution in [3.05, 3.63) is 57.6 Å². The number of aryl methyl sites for hydroxylation is 1. The van der Waals surface area contributed by atoms with Crippen LogP contribution in [0, 0.1) is 13.8 Å². The molecule has 0 fully saturated rings. The van der Waals surface area contributed by atoms with Crippen molar-refractivity contribution >= 4 is 39.8 Å². The Hall–Kier alpha value is -1.77. The van der Waals surface area contributed by atoms with Crippen LogP contribution in [-0.2, 0) is 0 Å². The molecule has 2 N–H and O–H groups in total. The van der Waals surface area contributed by atoms with E-state index in [4.69, 9.17) is 33.9 Å². The van der Waals surface area contributed by atoms with E-state index in [-0.39, 0.29) is 0 Å². The zero-order valence-corrected chi connectivity index (χ0v) is 13.3. The zero-order valence-electron chi connectivity index (χ0n) is 11.7. The second-order valence-corrected chi connectivity index (χ2v) is 5.86. The van der Waals surface area contributed by atoms with Crippen LogP contribution in [0.3, 0.4) is 0 Å². The summed E-state index contributed by atoms with van der Waals surface area (Å²) in [7, 11) is 0. The largest absolute Gasteiger partial charge is 0.398 e. The molecular weight excluding hydrogens is 303 g/mol. The number of halogens is 2. The van der Waals surface area contributed by atoms with E-state index in [1.807, 2.05) is 50.2 Å². The first kappa shape index (κ1) is 14.2. The summed E-state index contributed by atoms with van der Waals surface area (Å²) in [5.74, 6) is 0. The van der Waals surface area contributed by atoms with Crippen LogP contribution in [-0.4, -0.2) is 4.98 Å². The summed E-state index contributed by atoms with van der Waals surface area (Å²) in [4.78, 5) is 4.71. The highest BCUT2D eigenvalue weighted by molar-refractivity contribution is 6.41. The molecule has 106 valence electrons. The predicted octanol–water partition coefficient (Wildman–Crippen LogP) is 5.41. The number of hydrogen-bond donors (Lipinski definition) is 1. The number of nitrogen functional groups attached to an aromatic ring is 1. The third-order valence-corrected chi connectivity index (χ3v) is 4.45. The number of rotatable bonds is 1. The van der Waals surface area contributed by atoms with Crippen LogP contribution < -0.4 is 5.73 Å². The SMILES string of the molecule is Cc1cc(Cl)c2nc(-c3ccccc3)c(C)c(N)c2c1Cl.